The number of anilines is 1. The van der Waals surface area contributed by atoms with Crippen LogP contribution < -0.4 is 10.6 Å². The van der Waals surface area contributed by atoms with Crippen molar-refractivity contribution in [2.24, 2.45) is 5.73 Å². The largest absolute Gasteiger partial charge is 0.454 e. The van der Waals surface area contributed by atoms with Crippen LogP contribution in [-0.2, 0) is 4.79 Å². The van der Waals surface area contributed by atoms with Gasteiger partial charge in [-0.1, -0.05) is 53.2 Å². The molecule has 5 nitrogen and oxygen atoms in total. The number of nitrogens with zero attached hydrogens (tertiary/aromatic N) is 2. The van der Waals surface area contributed by atoms with Crippen molar-refractivity contribution >= 4 is 52.3 Å². The van der Waals surface area contributed by atoms with Crippen LogP contribution in [0, 0.1) is 11.3 Å². The van der Waals surface area contributed by atoms with E-state index >= 15 is 0 Å². The summed E-state index contributed by atoms with van der Waals surface area (Å²) in [7, 11) is 0. The Balaban J connectivity index is 1.81. The summed E-state index contributed by atoms with van der Waals surface area (Å²) in [5.74, 6) is 0.292. The van der Waals surface area contributed by atoms with E-state index in [9.17, 15) is 10.1 Å². The molecule has 0 bridgehead atoms. The molecule has 1 aromatic heterocycles. The molecule has 8 heteroatoms. The summed E-state index contributed by atoms with van der Waals surface area (Å²) in [5, 5.41) is 12.7. The molecule has 148 valence electrons. The molecule has 2 N–H and O–H groups in total. The number of carbonyl (C=O) groups is 1. The second kappa shape index (κ2) is 8.33. The van der Waals surface area contributed by atoms with Gasteiger partial charge in [-0.15, -0.1) is 0 Å². The van der Waals surface area contributed by atoms with Gasteiger partial charge in [0.25, 0.3) is 5.91 Å². The third-order valence-electron chi connectivity index (χ3n) is 4.36. The normalized spacial score (nSPS) is 15.0. The SMILES string of the molecule is N#CC(C(N)=O)=C1SC=C(c2ccc(-c3cc(Cl)ccc3Cl)o2)N1c1ccccc1. The Morgan fingerprint density at radius 3 is 2.50 bits per heavy atom. The second-order valence-corrected chi connectivity index (χ2v) is 7.94. The molecule has 3 aromatic rings. The molecular weight excluding hydrogens is 441 g/mol. The van der Waals surface area contributed by atoms with Gasteiger partial charge >= 0.3 is 0 Å². The van der Waals surface area contributed by atoms with E-state index in [0.717, 1.165) is 5.69 Å². The molecule has 30 heavy (non-hydrogen) atoms. The third-order valence-corrected chi connectivity index (χ3v) is 5.88. The minimum atomic E-state index is -0.790. The lowest BCUT2D eigenvalue weighted by atomic mass is 10.2. The molecule has 0 saturated carbocycles. The van der Waals surface area contributed by atoms with Gasteiger partial charge < -0.3 is 10.2 Å². The third kappa shape index (κ3) is 3.71. The topological polar surface area (TPSA) is 83.3 Å². The Kier molecular flexibility index (Phi) is 5.60. The highest BCUT2D eigenvalue weighted by Crippen LogP contribution is 2.45. The molecule has 0 aliphatic carbocycles. The molecule has 1 amide bonds. The van der Waals surface area contributed by atoms with Crippen LogP contribution in [-0.4, -0.2) is 5.91 Å². The maximum Gasteiger partial charge on any atom is 0.262 e. The van der Waals surface area contributed by atoms with Crippen LogP contribution in [0.15, 0.2) is 81.1 Å². The zero-order valence-electron chi connectivity index (χ0n) is 15.3. The monoisotopic (exact) mass is 453 g/mol. The standard InChI is InChI=1S/C22H13Cl2N3O2S/c23-13-6-7-17(24)15(10-13)19-8-9-20(29-19)18-12-30-22(16(11-25)21(26)28)27(18)14-4-2-1-3-5-14/h1-10,12H,(H2,26,28). The molecule has 0 spiro atoms. The molecule has 1 aliphatic heterocycles. The van der Waals surface area contributed by atoms with Crippen molar-refractivity contribution in [2.45, 2.75) is 0 Å². The fourth-order valence-corrected chi connectivity index (χ4v) is 4.41. The van der Waals surface area contributed by atoms with Crippen molar-refractivity contribution in [3.05, 3.63) is 92.5 Å². The highest BCUT2D eigenvalue weighted by Gasteiger charge is 2.31. The summed E-state index contributed by atoms with van der Waals surface area (Å²) >= 11 is 13.6. The zero-order chi connectivity index (χ0) is 21.3. The zero-order valence-corrected chi connectivity index (χ0v) is 17.6. The Hall–Kier alpha value is -3.11. The summed E-state index contributed by atoms with van der Waals surface area (Å²) in [6, 6.07) is 20.0. The fourth-order valence-electron chi connectivity index (χ4n) is 3.01. The maximum atomic E-state index is 11.8. The number of furan rings is 1. The average molecular weight is 454 g/mol. The van der Waals surface area contributed by atoms with Crippen LogP contribution in [0.4, 0.5) is 5.69 Å². The van der Waals surface area contributed by atoms with Crippen molar-refractivity contribution in [1.82, 2.24) is 0 Å². The number of amides is 1. The van der Waals surface area contributed by atoms with E-state index in [4.69, 9.17) is 33.4 Å². The molecule has 0 radical (unpaired) electrons. The van der Waals surface area contributed by atoms with Gasteiger partial charge in [0, 0.05) is 21.7 Å². The van der Waals surface area contributed by atoms with Gasteiger partial charge in [-0.05, 0) is 42.5 Å². The molecule has 4 rings (SSSR count). The predicted octanol–water partition coefficient (Wildman–Crippen LogP) is 6.03. The van der Waals surface area contributed by atoms with Gasteiger partial charge in [0.1, 0.15) is 22.4 Å². The first kappa shape index (κ1) is 20.2. The Morgan fingerprint density at radius 1 is 1.07 bits per heavy atom. The first-order valence-electron chi connectivity index (χ1n) is 8.71. The van der Waals surface area contributed by atoms with E-state index in [1.807, 2.05) is 41.8 Å². The van der Waals surface area contributed by atoms with E-state index in [-0.39, 0.29) is 5.57 Å². The van der Waals surface area contributed by atoms with Crippen molar-refractivity contribution in [3.63, 3.8) is 0 Å². The number of benzene rings is 2. The van der Waals surface area contributed by atoms with E-state index < -0.39 is 5.91 Å². The van der Waals surface area contributed by atoms with Crippen LogP contribution in [0.25, 0.3) is 17.0 Å². The highest BCUT2D eigenvalue weighted by molar-refractivity contribution is 8.06. The minimum absolute atomic E-state index is 0.125. The minimum Gasteiger partial charge on any atom is -0.454 e. The van der Waals surface area contributed by atoms with Crippen LogP contribution in [0.5, 0.6) is 0 Å². The number of hydrogen-bond donors (Lipinski definition) is 1. The Labute approximate surface area is 187 Å². The van der Waals surface area contributed by atoms with Gasteiger partial charge in [0.05, 0.1) is 10.7 Å². The molecular formula is C22H13Cl2N3O2S. The first-order valence-corrected chi connectivity index (χ1v) is 10.3. The van der Waals surface area contributed by atoms with E-state index in [0.29, 0.717) is 37.9 Å². The molecule has 0 saturated heterocycles. The van der Waals surface area contributed by atoms with Gasteiger partial charge in [-0.3, -0.25) is 9.69 Å². The van der Waals surface area contributed by atoms with E-state index in [2.05, 4.69) is 0 Å². The number of rotatable bonds is 4. The van der Waals surface area contributed by atoms with Crippen molar-refractivity contribution in [2.75, 3.05) is 4.90 Å². The van der Waals surface area contributed by atoms with Crippen LogP contribution in [0.3, 0.4) is 0 Å². The Bertz CT molecular complexity index is 1240. The molecule has 2 aromatic carbocycles. The molecule has 1 aliphatic rings. The lowest BCUT2D eigenvalue weighted by Gasteiger charge is -2.23. The highest BCUT2D eigenvalue weighted by atomic mass is 35.5. The number of carbonyl (C=O) groups excluding carboxylic acids is 1. The van der Waals surface area contributed by atoms with Crippen molar-refractivity contribution in [3.8, 4) is 17.4 Å². The number of hydrogen-bond acceptors (Lipinski definition) is 5. The number of nitrogens with two attached hydrogens (primary N) is 1. The summed E-state index contributed by atoms with van der Waals surface area (Å²) in [5.41, 5.74) is 7.40. The van der Waals surface area contributed by atoms with E-state index in [1.54, 1.807) is 35.2 Å². The summed E-state index contributed by atoms with van der Waals surface area (Å²) in [4.78, 5) is 13.6. The van der Waals surface area contributed by atoms with Crippen LogP contribution >= 0.6 is 35.0 Å². The van der Waals surface area contributed by atoms with E-state index in [1.165, 1.54) is 11.8 Å². The van der Waals surface area contributed by atoms with Crippen molar-refractivity contribution < 1.29 is 9.21 Å². The number of nitriles is 1. The predicted molar refractivity (Wildman–Crippen MR) is 120 cm³/mol. The van der Waals surface area contributed by atoms with Crippen LogP contribution in [0.2, 0.25) is 10.0 Å². The molecule has 2 heterocycles. The average Bonchev–Trinajstić information content (AvgIpc) is 3.38. The maximum absolute atomic E-state index is 11.8. The lowest BCUT2D eigenvalue weighted by Crippen LogP contribution is -2.22. The Morgan fingerprint density at radius 2 is 1.80 bits per heavy atom. The molecule has 0 atom stereocenters. The number of primary amides is 1. The smallest absolute Gasteiger partial charge is 0.262 e. The number of thioether (sulfide) groups is 1. The fraction of sp³-hybridized carbons (Fsp3) is 0. The molecule has 0 fully saturated rings. The van der Waals surface area contributed by atoms with Gasteiger partial charge in [-0.25, -0.2) is 0 Å². The van der Waals surface area contributed by atoms with Gasteiger partial charge in [0.2, 0.25) is 0 Å². The van der Waals surface area contributed by atoms with Crippen molar-refractivity contribution in [1.29, 1.82) is 5.26 Å². The van der Waals surface area contributed by atoms with Crippen LogP contribution in [0.1, 0.15) is 5.76 Å². The number of para-hydroxylation sites is 1. The molecule has 0 unspecified atom stereocenters. The first-order chi connectivity index (χ1) is 14.5. The van der Waals surface area contributed by atoms with Gasteiger partial charge in [0.15, 0.2) is 5.76 Å². The summed E-state index contributed by atoms with van der Waals surface area (Å²) in [6.07, 6.45) is 0. The van der Waals surface area contributed by atoms with Gasteiger partial charge in [-0.2, -0.15) is 5.26 Å². The lowest BCUT2D eigenvalue weighted by molar-refractivity contribution is -0.114. The quantitative estimate of drug-likeness (QED) is 0.385. The summed E-state index contributed by atoms with van der Waals surface area (Å²) < 4.78 is 6.08. The number of halogens is 2. The summed E-state index contributed by atoms with van der Waals surface area (Å²) in [6.45, 7) is 0. The second-order valence-electron chi connectivity index (χ2n) is 6.24.